The number of aryl methyl sites for hydroxylation is 1. The normalized spacial score (nSPS) is 16.6. The molecule has 0 saturated heterocycles. The first kappa shape index (κ1) is 14.8. The van der Waals surface area contributed by atoms with Crippen molar-refractivity contribution in [2.45, 2.75) is 31.7 Å². The number of carbonyl (C=O) groups is 1. The molecule has 1 aromatic heterocycles. The first-order valence-electron chi connectivity index (χ1n) is 7.69. The van der Waals surface area contributed by atoms with Gasteiger partial charge in [0.2, 0.25) is 5.91 Å². The molecule has 1 aromatic carbocycles. The number of rotatable bonds is 4. The van der Waals surface area contributed by atoms with Crippen molar-refractivity contribution < 1.29 is 9.18 Å². The molecule has 0 aliphatic heterocycles. The first-order valence-corrected chi connectivity index (χ1v) is 7.69. The molecule has 1 heterocycles. The van der Waals surface area contributed by atoms with Crippen LogP contribution in [0.25, 0.3) is 0 Å². The Morgan fingerprint density at radius 2 is 2.09 bits per heavy atom. The van der Waals surface area contributed by atoms with Crippen molar-refractivity contribution in [3.05, 3.63) is 53.9 Å². The molecule has 1 saturated carbocycles. The summed E-state index contributed by atoms with van der Waals surface area (Å²) in [4.78, 5) is 16.8. The minimum absolute atomic E-state index is 0.00578. The van der Waals surface area contributed by atoms with Crippen LogP contribution in [-0.2, 0) is 11.8 Å². The first-order chi connectivity index (χ1) is 10.7. The molecule has 1 unspecified atom stereocenters. The number of nitrogens with one attached hydrogen (secondary N) is 1. The van der Waals surface area contributed by atoms with Crippen molar-refractivity contribution in [1.29, 1.82) is 0 Å². The van der Waals surface area contributed by atoms with Crippen molar-refractivity contribution in [1.82, 2.24) is 14.9 Å². The van der Waals surface area contributed by atoms with Crippen molar-refractivity contribution >= 4 is 5.91 Å². The molecule has 2 aromatic rings. The fourth-order valence-electron chi connectivity index (χ4n) is 3.09. The predicted molar refractivity (Wildman–Crippen MR) is 81.6 cm³/mol. The molecular weight excluding hydrogens is 281 g/mol. The van der Waals surface area contributed by atoms with Gasteiger partial charge in [-0.3, -0.25) is 4.79 Å². The molecule has 116 valence electrons. The third kappa shape index (κ3) is 2.89. The Morgan fingerprint density at radius 1 is 1.36 bits per heavy atom. The number of amides is 1. The van der Waals surface area contributed by atoms with E-state index in [-0.39, 0.29) is 17.6 Å². The summed E-state index contributed by atoms with van der Waals surface area (Å²) < 4.78 is 16.0. The molecule has 3 rings (SSSR count). The van der Waals surface area contributed by atoms with Gasteiger partial charge in [0, 0.05) is 30.9 Å². The number of halogens is 1. The van der Waals surface area contributed by atoms with E-state index in [1.165, 1.54) is 6.07 Å². The summed E-state index contributed by atoms with van der Waals surface area (Å²) in [6.07, 6.45) is 7.46. The lowest BCUT2D eigenvalue weighted by atomic mass is 10.0. The van der Waals surface area contributed by atoms with Gasteiger partial charge in [-0.2, -0.15) is 0 Å². The van der Waals surface area contributed by atoms with Gasteiger partial charge in [0.15, 0.2) is 0 Å². The second-order valence-corrected chi connectivity index (χ2v) is 5.84. The lowest BCUT2D eigenvalue weighted by molar-refractivity contribution is -0.125. The molecule has 1 N–H and O–H groups in total. The topological polar surface area (TPSA) is 46.9 Å². The Hall–Kier alpha value is -2.17. The summed E-state index contributed by atoms with van der Waals surface area (Å²) in [6.45, 7) is 0. The molecule has 0 spiro atoms. The van der Waals surface area contributed by atoms with Crippen LogP contribution >= 0.6 is 0 Å². The SMILES string of the molecule is Cn1ccnc1C(NC(=O)C1CCCC1)c1ccccc1F. The summed E-state index contributed by atoms with van der Waals surface area (Å²) in [5.41, 5.74) is 0.447. The van der Waals surface area contributed by atoms with Gasteiger partial charge in [0.1, 0.15) is 17.7 Å². The van der Waals surface area contributed by atoms with Gasteiger partial charge in [-0.15, -0.1) is 0 Å². The van der Waals surface area contributed by atoms with Crippen LogP contribution in [0.15, 0.2) is 36.7 Å². The second-order valence-electron chi connectivity index (χ2n) is 5.84. The van der Waals surface area contributed by atoms with E-state index in [4.69, 9.17) is 0 Å². The summed E-state index contributed by atoms with van der Waals surface area (Å²) in [6, 6.07) is 5.97. The van der Waals surface area contributed by atoms with Gasteiger partial charge in [-0.05, 0) is 18.9 Å². The number of carbonyl (C=O) groups excluding carboxylic acids is 1. The van der Waals surface area contributed by atoms with Crippen LogP contribution in [0.1, 0.15) is 43.1 Å². The molecule has 1 amide bonds. The monoisotopic (exact) mass is 301 g/mol. The highest BCUT2D eigenvalue weighted by Gasteiger charge is 2.28. The van der Waals surface area contributed by atoms with Crippen molar-refractivity contribution in [3.63, 3.8) is 0 Å². The smallest absolute Gasteiger partial charge is 0.223 e. The van der Waals surface area contributed by atoms with Crippen LogP contribution in [0.4, 0.5) is 4.39 Å². The molecule has 22 heavy (non-hydrogen) atoms. The lowest BCUT2D eigenvalue weighted by Gasteiger charge is -2.21. The van der Waals surface area contributed by atoms with Gasteiger partial charge in [0.25, 0.3) is 0 Å². The zero-order valence-corrected chi connectivity index (χ0v) is 12.6. The summed E-state index contributed by atoms with van der Waals surface area (Å²) in [7, 11) is 1.85. The lowest BCUT2D eigenvalue weighted by Crippen LogP contribution is -2.35. The predicted octanol–water partition coefficient (Wildman–Crippen LogP) is 2.96. The number of hydrogen-bond donors (Lipinski definition) is 1. The minimum atomic E-state index is -0.561. The van der Waals surface area contributed by atoms with Gasteiger partial charge in [0.05, 0.1) is 0 Å². The number of benzene rings is 1. The van der Waals surface area contributed by atoms with Crippen LogP contribution in [0.3, 0.4) is 0 Å². The molecule has 1 fully saturated rings. The third-order valence-electron chi connectivity index (χ3n) is 4.35. The van der Waals surface area contributed by atoms with Gasteiger partial charge in [-0.25, -0.2) is 9.37 Å². The van der Waals surface area contributed by atoms with Crippen LogP contribution in [0, 0.1) is 11.7 Å². The van der Waals surface area contributed by atoms with Gasteiger partial charge < -0.3 is 9.88 Å². The zero-order valence-electron chi connectivity index (χ0n) is 12.6. The Morgan fingerprint density at radius 3 is 2.73 bits per heavy atom. The number of hydrogen-bond acceptors (Lipinski definition) is 2. The average molecular weight is 301 g/mol. The van der Waals surface area contributed by atoms with Crippen LogP contribution in [-0.4, -0.2) is 15.5 Å². The van der Waals surface area contributed by atoms with Gasteiger partial charge in [-0.1, -0.05) is 31.0 Å². The number of imidazole rings is 1. The Labute approximate surface area is 129 Å². The molecule has 4 nitrogen and oxygen atoms in total. The van der Waals surface area contributed by atoms with Crippen LogP contribution in [0.5, 0.6) is 0 Å². The van der Waals surface area contributed by atoms with E-state index >= 15 is 0 Å². The number of aromatic nitrogens is 2. The molecule has 1 aliphatic carbocycles. The standard InChI is InChI=1S/C17H20FN3O/c1-21-11-10-19-16(21)15(13-8-4-5-9-14(13)18)20-17(22)12-6-2-3-7-12/h4-5,8-12,15H,2-3,6-7H2,1H3,(H,20,22). The molecular formula is C17H20FN3O. The van der Waals surface area contributed by atoms with Crippen LogP contribution < -0.4 is 5.32 Å². The highest BCUT2D eigenvalue weighted by atomic mass is 19.1. The van der Waals surface area contributed by atoms with E-state index in [9.17, 15) is 9.18 Å². The summed E-state index contributed by atoms with van der Waals surface area (Å²) in [5.74, 6) is 0.335. The Bertz CT molecular complexity index is 661. The van der Waals surface area contributed by atoms with E-state index in [0.29, 0.717) is 11.4 Å². The van der Waals surface area contributed by atoms with E-state index in [2.05, 4.69) is 10.3 Å². The third-order valence-corrected chi connectivity index (χ3v) is 4.35. The highest BCUT2D eigenvalue weighted by Crippen LogP contribution is 2.28. The van der Waals surface area contributed by atoms with E-state index in [1.54, 1.807) is 30.6 Å². The zero-order chi connectivity index (χ0) is 15.5. The second kappa shape index (κ2) is 6.30. The average Bonchev–Trinajstić information content (AvgIpc) is 3.17. The van der Waals surface area contributed by atoms with E-state index in [1.807, 2.05) is 11.6 Å². The molecule has 1 aliphatic rings. The van der Waals surface area contributed by atoms with E-state index in [0.717, 1.165) is 25.7 Å². The molecule has 0 radical (unpaired) electrons. The quantitative estimate of drug-likeness (QED) is 0.944. The largest absolute Gasteiger partial charge is 0.342 e. The number of nitrogens with zero attached hydrogens (tertiary/aromatic N) is 2. The van der Waals surface area contributed by atoms with Crippen molar-refractivity contribution in [2.75, 3.05) is 0 Å². The maximum absolute atomic E-state index is 14.2. The molecule has 0 bridgehead atoms. The molecule has 5 heteroatoms. The van der Waals surface area contributed by atoms with Gasteiger partial charge >= 0.3 is 0 Å². The van der Waals surface area contributed by atoms with Crippen LogP contribution in [0.2, 0.25) is 0 Å². The molecule has 1 atom stereocenters. The fourth-order valence-corrected chi connectivity index (χ4v) is 3.09. The van der Waals surface area contributed by atoms with Crippen molar-refractivity contribution in [2.24, 2.45) is 13.0 Å². The maximum atomic E-state index is 14.2. The minimum Gasteiger partial charge on any atom is -0.342 e. The summed E-state index contributed by atoms with van der Waals surface area (Å²) in [5, 5.41) is 3.00. The summed E-state index contributed by atoms with van der Waals surface area (Å²) >= 11 is 0. The highest BCUT2D eigenvalue weighted by molar-refractivity contribution is 5.79. The maximum Gasteiger partial charge on any atom is 0.223 e. The van der Waals surface area contributed by atoms with E-state index < -0.39 is 6.04 Å². The Balaban J connectivity index is 1.91. The Kier molecular flexibility index (Phi) is 4.22. The van der Waals surface area contributed by atoms with Crippen molar-refractivity contribution in [3.8, 4) is 0 Å². The fraction of sp³-hybridized carbons (Fsp3) is 0.412.